The molecule has 8 nitrogen and oxygen atoms in total. The molecule has 0 bridgehead atoms. The summed E-state index contributed by atoms with van der Waals surface area (Å²) in [6, 6.07) is 23.1. The zero-order valence-electron chi connectivity index (χ0n) is 20.4. The molecule has 0 fully saturated rings. The number of aromatic nitrogens is 4. The van der Waals surface area contributed by atoms with Gasteiger partial charge in [0.1, 0.15) is 11.6 Å². The number of carboxylic acid groups (broad SMARTS) is 1. The largest absolute Gasteiger partial charge is 0.497 e. The summed E-state index contributed by atoms with van der Waals surface area (Å²) in [5.74, 6) is 0.516. The van der Waals surface area contributed by atoms with Crippen LogP contribution in [-0.4, -0.2) is 38.1 Å². The highest BCUT2D eigenvalue weighted by Gasteiger charge is 2.28. The number of aromatic carboxylic acids is 1. The molecule has 7 rings (SSSR count). The van der Waals surface area contributed by atoms with Crippen molar-refractivity contribution in [3.63, 3.8) is 0 Å². The van der Waals surface area contributed by atoms with Gasteiger partial charge in [0.25, 0.3) is 0 Å². The Kier molecular flexibility index (Phi) is 5.78. The monoisotopic (exact) mass is 501 g/mol. The molecule has 3 heterocycles. The number of benzene rings is 3. The number of hydrogen-bond acceptors (Lipinski definition) is 6. The standard InChI is InChI=1S/C19H14N4.C11H9NO3/c20-18-12-5-2-1-4-11(12)17-13(18)6-3-7-14(17)19-22-15-8-9-21-10-16(15)23-19;1-15-7-2-3-10-9(6-7)8(11(13)14)4-5-12-10/h1-10,18H,20H2,(H,22,23);2-6H,1H3,(H,13,14). The zero-order chi connectivity index (χ0) is 26.2. The fraction of sp³-hybridized carbons (Fsp3) is 0.0667. The fourth-order valence-corrected chi connectivity index (χ4v) is 4.91. The van der Waals surface area contributed by atoms with Gasteiger partial charge in [-0.1, -0.05) is 42.5 Å². The van der Waals surface area contributed by atoms with Crippen molar-refractivity contribution in [1.82, 2.24) is 19.9 Å². The second-order valence-electron chi connectivity index (χ2n) is 8.86. The molecule has 1 aliphatic rings. The van der Waals surface area contributed by atoms with E-state index in [9.17, 15) is 4.79 Å². The van der Waals surface area contributed by atoms with E-state index < -0.39 is 5.97 Å². The molecule has 1 atom stereocenters. The topological polar surface area (TPSA) is 127 Å². The molecule has 1 aliphatic carbocycles. The zero-order valence-corrected chi connectivity index (χ0v) is 20.4. The smallest absolute Gasteiger partial charge is 0.336 e. The van der Waals surface area contributed by atoms with Crippen molar-refractivity contribution in [2.24, 2.45) is 5.73 Å². The van der Waals surface area contributed by atoms with Crippen molar-refractivity contribution >= 4 is 27.9 Å². The molecule has 0 aliphatic heterocycles. The molecule has 0 amide bonds. The Morgan fingerprint density at radius 1 is 0.947 bits per heavy atom. The Balaban J connectivity index is 0.000000153. The van der Waals surface area contributed by atoms with Gasteiger partial charge in [-0.05, 0) is 52.6 Å². The summed E-state index contributed by atoms with van der Waals surface area (Å²) in [5.41, 5.74) is 15.0. The lowest BCUT2D eigenvalue weighted by molar-refractivity contribution is 0.0699. The lowest BCUT2D eigenvalue weighted by atomic mass is 9.99. The van der Waals surface area contributed by atoms with Crippen molar-refractivity contribution < 1.29 is 14.6 Å². The van der Waals surface area contributed by atoms with Gasteiger partial charge in [0, 0.05) is 23.3 Å². The SMILES string of the molecule is COc1ccc2nccc(C(=O)O)c2c1.NC1c2ccccc2-c2c(-c3nc4ccncc4[nH]3)cccc21. The van der Waals surface area contributed by atoms with Crippen molar-refractivity contribution in [2.45, 2.75) is 6.04 Å². The van der Waals surface area contributed by atoms with Crippen LogP contribution in [0, 0.1) is 0 Å². The predicted octanol–water partition coefficient (Wildman–Crippen LogP) is 5.60. The molecule has 6 aromatic rings. The highest BCUT2D eigenvalue weighted by molar-refractivity contribution is 6.02. The van der Waals surface area contributed by atoms with Crippen LogP contribution in [0.1, 0.15) is 27.5 Å². The second-order valence-corrected chi connectivity index (χ2v) is 8.86. The van der Waals surface area contributed by atoms with Gasteiger partial charge in [-0.3, -0.25) is 9.97 Å². The summed E-state index contributed by atoms with van der Waals surface area (Å²) < 4.78 is 5.04. The molecule has 3 aromatic heterocycles. The van der Waals surface area contributed by atoms with E-state index in [-0.39, 0.29) is 11.6 Å². The number of fused-ring (bicyclic) bond motifs is 5. The number of nitrogens with two attached hydrogens (primary N) is 1. The normalized spacial score (nSPS) is 13.5. The summed E-state index contributed by atoms with van der Waals surface area (Å²) in [6.45, 7) is 0. The van der Waals surface area contributed by atoms with E-state index in [1.807, 2.05) is 18.2 Å². The van der Waals surface area contributed by atoms with E-state index in [1.165, 1.54) is 36.1 Å². The number of ether oxygens (including phenoxy) is 1. The third-order valence-corrected chi connectivity index (χ3v) is 6.71. The first-order valence-corrected chi connectivity index (χ1v) is 12.0. The quantitative estimate of drug-likeness (QED) is 0.288. The van der Waals surface area contributed by atoms with E-state index in [0.29, 0.717) is 16.7 Å². The van der Waals surface area contributed by atoms with Crippen LogP contribution in [0.4, 0.5) is 0 Å². The summed E-state index contributed by atoms with van der Waals surface area (Å²) in [4.78, 5) is 27.3. The van der Waals surface area contributed by atoms with Crippen LogP contribution in [-0.2, 0) is 0 Å². The van der Waals surface area contributed by atoms with E-state index in [4.69, 9.17) is 20.6 Å². The third-order valence-electron chi connectivity index (χ3n) is 6.71. The molecule has 38 heavy (non-hydrogen) atoms. The molecule has 3 aromatic carbocycles. The molecule has 0 saturated heterocycles. The molecule has 0 saturated carbocycles. The number of nitrogens with zero attached hydrogens (tertiary/aromatic N) is 3. The lowest BCUT2D eigenvalue weighted by Gasteiger charge is -2.08. The minimum atomic E-state index is -0.962. The number of H-pyrrole nitrogens is 1. The number of methoxy groups -OCH3 is 1. The number of nitrogens with one attached hydrogen (secondary N) is 1. The summed E-state index contributed by atoms with van der Waals surface area (Å²) in [6.07, 6.45) is 5.04. The maximum atomic E-state index is 10.9. The molecule has 0 radical (unpaired) electrons. The van der Waals surface area contributed by atoms with Gasteiger partial charge in [0.2, 0.25) is 0 Å². The van der Waals surface area contributed by atoms with Crippen LogP contribution in [0.3, 0.4) is 0 Å². The van der Waals surface area contributed by atoms with E-state index in [2.05, 4.69) is 45.3 Å². The number of aromatic amines is 1. The predicted molar refractivity (Wildman–Crippen MR) is 146 cm³/mol. The van der Waals surface area contributed by atoms with Gasteiger partial charge < -0.3 is 20.6 Å². The molecular formula is C30H23N5O3. The number of hydrogen-bond donors (Lipinski definition) is 3. The van der Waals surface area contributed by atoms with E-state index in [0.717, 1.165) is 28.0 Å². The molecule has 0 spiro atoms. The maximum Gasteiger partial charge on any atom is 0.336 e. The summed E-state index contributed by atoms with van der Waals surface area (Å²) in [7, 11) is 1.54. The van der Waals surface area contributed by atoms with Gasteiger partial charge in [0.15, 0.2) is 0 Å². The van der Waals surface area contributed by atoms with Gasteiger partial charge >= 0.3 is 5.97 Å². The lowest BCUT2D eigenvalue weighted by Crippen LogP contribution is -2.07. The van der Waals surface area contributed by atoms with Crippen LogP contribution in [0.5, 0.6) is 5.75 Å². The minimum absolute atomic E-state index is 0.0767. The Labute approximate surface area is 217 Å². The van der Waals surface area contributed by atoms with Crippen molar-refractivity contribution in [1.29, 1.82) is 0 Å². The molecular weight excluding hydrogens is 478 g/mol. The molecule has 8 heteroatoms. The first-order valence-electron chi connectivity index (χ1n) is 12.0. The number of carbonyl (C=O) groups is 1. The Hall–Kier alpha value is -5.08. The number of rotatable bonds is 3. The van der Waals surface area contributed by atoms with E-state index >= 15 is 0 Å². The van der Waals surface area contributed by atoms with Gasteiger partial charge in [-0.25, -0.2) is 9.78 Å². The highest BCUT2D eigenvalue weighted by atomic mass is 16.5. The molecule has 186 valence electrons. The number of imidazole rings is 1. The minimum Gasteiger partial charge on any atom is -0.497 e. The Bertz CT molecular complexity index is 1800. The molecule has 4 N–H and O–H groups in total. The molecule has 1 unspecified atom stereocenters. The number of carboxylic acids is 1. The Morgan fingerprint density at radius 2 is 1.76 bits per heavy atom. The van der Waals surface area contributed by atoms with Crippen LogP contribution < -0.4 is 10.5 Å². The summed E-state index contributed by atoms with van der Waals surface area (Å²) in [5, 5.41) is 9.57. The van der Waals surface area contributed by atoms with Crippen molar-refractivity contribution in [3.8, 4) is 28.3 Å². The van der Waals surface area contributed by atoms with Gasteiger partial charge in [-0.15, -0.1) is 0 Å². The fourth-order valence-electron chi connectivity index (χ4n) is 4.91. The first kappa shape index (κ1) is 23.3. The third kappa shape index (κ3) is 3.93. The van der Waals surface area contributed by atoms with Crippen LogP contribution >= 0.6 is 0 Å². The van der Waals surface area contributed by atoms with Crippen molar-refractivity contribution in [3.05, 3.63) is 108 Å². The maximum absolute atomic E-state index is 10.9. The van der Waals surface area contributed by atoms with Crippen molar-refractivity contribution in [2.75, 3.05) is 7.11 Å². The second kappa shape index (κ2) is 9.42. The van der Waals surface area contributed by atoms with E-state index in [1.54, 1.807) is 30.6 Å². The van der Waals surface area contributed by atoms with Crippen LogP contribution in [0.25, 0.3) is 44.5 Å². The van der Waals surface area contributed by atoms with Crippen LogP contribution in [0.2, 0.25) is 0 Å². The first-order chi connectivity index (χ1) is 18.5. The average Bonchev–Trinajstić information content (AvgIpc) is 3.52. The average molecular weight is 502 g/mol. The summed E-state index contributed by atoms with van der Waals surface area (Å²) >= 11 is 0. The van der Waals surface area contributed by atoms with Crippen LogP contribution in [0.15, 0.2) is 91.4 Å². The Morgan fingerprint density at radius 3 is 2.58 bits per heavy atom. The van der Waals surface area contributed by atoms with Gasteiger partial charge in [0.05, 0.1) is 41.5 Å². The van der Waals surface area contributed by atoms with Gasteiger partial charge in [-0.2, -0.15) is 0 Å². The highest BCUT2D eigenvalue weighted by Crippen LogP contribution is 2.46. The number of pyridine rings is 2.